The molecular weight excluding hydrogens is 326 g/mol. The molecule has 0 saturated carbocycles. The Morgan fingerprint density at radius 1 is 1.21 bits per heavy atom. The van der Waals surface area contributed by atoms with Gasteiger partial charge in [0.15, 0.2) is 5.11 Å². The largest absolute Gasteiger partial charge is 0.457 e. The van der Waals surface area contributed by atoms with Crippen molar-refractivity contribution >= 4 is 35.2 Å². The van der Waals surface area contributed by atoms with Crippen molar-refractivity contribution in [2.75, 3.05) is 7.05 Å². The Hall–Kier alpha value is -3.24. The summed E-state index contributed by atoms with van der Waals surface area (Å²) in [5.74, 6) is -0.104. The molecular formula is C17H11N3O3S. The maximum Gasteiger partial charge on any atom is 0.265 e. The van der Waals surface area contributed by atoms with Gasteiger partial charge in [-0.15, -0.1) is 0 Å². The first-order valence-corrected chi connectivity index (χ1v) is 7.36. The van der Waals surface area contributed by atoms with Gasteiger partial charge in [0, 0.05) is 12.6 Å². The number of thiocarbonyl (C=S) groups is 1. The van der Waals surface area contributed by atoms with Crippen LogP contribution in [0.15, 0.2) is 46.4 Å². The van der Waals surface area contributed by atoms with Gasteiger partial charge in [-0.1, -0.05) is 0 Å². The van der Waals surface area contributed by atoms with Gasteiger partial charge < -0.3 is 4.42 Å². The molecule has 1 aromatic heterocycles. The van der Waals surface area contributed by atoms with E-state index in [1.54, 1.807) is 36.4 Å². The third-order valence-corrected chi connectivity index (χ3v) is 3.89. The van der Waals surface area contributed by atoms with Gasteiger partial charge in [0.1, 0.15) is 17.1 Å². The van der Waals surface area contributed by atoms with Gasteiger partial charge in [-0.3, -0.25) is 19.8 Å². The van der Waals surface area contributed by atoms with Crippen molar-refractivity contribution in [1.82, 2.24) is 10.2 Å². The normalized spacial score (nSPS) is 16.2. The number of nitriles is 1. The predicted octanol–water partition coefficient (Wildman–Crippen LogP) is 2.07. The first kappa shape index (κ1) is 15.6. The summed E-state index contributed by atoms with van der Waals surface area (Å²) in [5, 5.41) is 11.3. The van der Waals surface area contributed by atoms with Crippen LogP contribution in [0.2, 0.25) is 0 Å². The zero-order valence-electron chi connectivity index (χ0n) is 12.6. The highest BCUT2D eigenvalue weighted by atomic mass is 32.1. The van der Waals surface area contributed by atoms with E-state index in [-0.39, 0.29) is 10.7 Å². The van der Waals surface area contributed by atoms with Crippen LogP contribution >= 0.6 is 12.2 Å². The maximum atomic E-state index is 12.1. The lowest BCUT2D eigenvalue weighted by Gasteiger charge is -2.24. The first-order valence-electron chi connectivity index (χ1n) is 6.95. The van der Waals surface area contributed by atoms with Crippen molar-refractivity contribution in [2.24, 2.45) is 0 Å². The van der Waals surface area contributed by atoms with E-state index in [9.17, 15) is 9.59 Å². The second kappa shape index (κ2) is 6.10. The molecule has 24 heavy (non-hydrogen) atoms. The Morgan fingerprint density at radius 3 is 2.58 bits per heavy atom. The van der Waals surface area contributed by atoms with Gasteiger partial charge in [-0.05, 0) is 54.7 Å². The van der Waals surface area contributed by atoms with Crippen LogP contribution in [-0.2, 0) is 9.59 Å². The predicted molar refractivity (Wildman–Crippen MR) is 90.3 cm³/mol. The zero-order valence-corrected chi connectivity index (χ0v) is 13.4. The summed E-state index contributed by atoms with van der Waals surface area (Å²) in [6.45, 7) is 0. The number of furan rings is 1. The number of carbonyl (C=O) groups excluding carboxylic acids is 2. The van der Waals surface area contributed by atoms with E-state index in [1.807, 2.05) is 6.07 Å². The van der Waals surface area contributed by atoms with E-state index in [0.29, 0.717) is 17.1 Å². The fourth-order valence-electron chi connectivity index (χ4n) is 2.18. The molecule has 2 aromatic rings. The number of amides is 2. The molecule has 1 aliphatic rings. The Labute approximate surface area is 143 Å². The van der Waals surface area contributed by atoms with Crippen molar-refractivity contribution in [3.63, 3.8) is 0 Å². The van der Waals surface area contributed by atoms with Crippen LogP contribution in [-0.4, -0.2) is 28.9 Å². The Morgan fingerprint density at radius 2 is 1.92 bits per heavy atom. The molecule has 0 atom stereocenters. The van der Waals surface area contributed by atoms with Crippen LogP contribution in [0.4, 0.5) is 0 Å². The number of likely N-dealkylation sites (N-methyl/N-ethyl adjacent to an activating group) is 1. The number of rotatable bonds is 2. The van der Waals surface area contributed by atoms with Crippen molar-refractivity contribution in [1.29, 1.82) is 5.26 Å². The van der Waals surface area contributed by atoms with Crippen LogP contribution < -0.4 is 5.32 Å². The number of nitrogens with zero attached hydrogens (tertiary/aromatic N) is 2. The molecule has 1 aliphatic heterocycles. The first-order chi connectivity index (χ1) is 11.5. The highest BCUT2D eigenvalue weighted by molar-refractivity contribution is 7.80. The molecule has 7 heteroatoms. The van der Waals surface area contributed by atoms with Crippen molar-refractivity contribution < 1.29 is 14.0 Å². The second-order valence-electron chi connectivity index (χ2n) is 5.07. The lowest BCUT2D eigenvalue weighted by Crippen LogP contribution is -2.52. The molecule has 0 aliphatic carbocycles. The molecule has 3 rings (SSSR count). The summed E-state index contributed by atoms with van der Waals surface area (Å²) in [4.78, 5) is 25.2. The molecule has 1 aromatic carbocycles. The summed E-state index contributed by atoms with van der Waals surface area (Å²) >= 11 is 4.89. The third kappa shape index (κ3) is 2.83. The molecule has 0 radical (unpaired) electrons. The fourth-order valence-corrected chi connectivity index (χ4v) is 2.36. The van der Waals surface area contributed by atoms with Crippen LogP contribution in [0.3, 0.4) is 0 Å². The maximum absolute atomic E-state index is 12.1. The van der Waals surface area contributed by atoms with Gasteiger partial charge in [0.05, 0.1) is 11.6 Å². The van der Waals surface area contributed by atoms with Gasteiger partial charge in [-0.25, -0.2) is 0 Å². The third-order valence-electron chi connectivity index (χ3n) is 3.52. The summed E-state index contributed by atoms with van der Waals surface area (Å²) in [7, 11) is 1.49. The lowest BCUT2D eigenvalue weighted by atomic mass is 10.1. The minimum atomic E-state index is -0.556. The monoisotopic (exact) mass is 337 g/mol. The van der Waals surface area contributed by atoms with Crippen LogP contribution in [0, 0.1) is 11.3 Å². The number of benzene rings is 1. The van der Waals surface area contributed by atoms with E-state index in [0.717, 1.165) is 5.56 Å². The van der Waals surface area contributed by atoms with E-state index in [4.69, 9.17) is 21.9 Å². The zero-order chi connectivity index (χ0) is 17.3. The number of hydrogen-bond donors (Lipinski definition) is 1. The SMILES string of the molecule is CN1C(=O)C(=Cc2ccc(-c3ccc(C#N)cc3)o2)C(=O)NC1=S. The summed E-state index contributed by atoms with van der Waals surface area (Å²) < 4.78 is 5.66. The molecule has 0 spiro atoms. The average molecular weight is 337 g/mol. The van der Waals surface area contributed by atoms with Gasteiger partial charge in [0.25, 0.3) is 11.8 Å². The fraction of sp³-hybridized carbons (Fsp3) is 0.0588. The van der Waals surface area contributed by atoms with E-state index < -0.39 is 11.8 Å². The summed E-state index contributed by atoms with van der Waals surface area (Å²) in [6, 6.07) is 12.3. The Bertz CT molecular complexity index is 919. The van der Waals surface area contributed by atoms with Crippen molar-refractivity contribution in [3.05, 3.63) is 53.3 Å². The highest BCUT2D eigenvalue weighted by Crippen LogP contribution is 2.24. The van der Waals surface area contributed by atoms with Crippen molar-refractivity contribution in [2.45, 2.75) is 0 Å². The molecule has 1 fully saturated rings. The molecule has 118 valence electrons. The van der Waals surface area contributed by atoms with E-state index in [2.05, 4.69) is 5.32 Å². The lowest BCUT2D eigenvalue weighted by molar-refractivity contribution is -0.128. The number of carbonyl (C=O) groups is 2. The van der Waals surface area contributed by atoms with Crippen LogP contribution in [0.1, 0.15) is 11.3 Å². The van der Waals surface area contributed by atoms with Gasteiger partial charge >= 0.3 is 0 Å². The molecule has 6 nitrogen and oxygen atoms in total. The quantitative estimate of drug-likeness (QED) is 0.515. The minimum Gasteiger partial charge on any atom is -0.457 e. The van der Waals surface area contributed by atoms with Crippen LogP contribution in [0.25, 0.3) is 17.4 Å². The molecule has 1 saturated heterocycles. The van der Waals surface area contributed by atoms with E-state index in [1.165, 1.54) is 18.0 Å². The van der Waals surface area contributed by atoms with Crippen molar-refractivity contribution in [3.8, 4) is 17.4 Å². The molecule has 1 N–H and O–H groups in total. The summed E-state index contributed by atoms with van der Waals surface area (Å²) in [5.41, 5.74) is 1.29. The van der Waals surface area contributed by atoms with Crippen LogP contribution in [0.5, 0.6) is 0 Å². The average Bonchev–Trinajstić information content (AvgIpc) is 3.05. The van der Waals surface area contributed by atoms with E-state index >= 15 is 0 Å². The number of hydrogen-bond acceptors (Lipinski definition) is 5. The van der Waals surface area contributed by atoms with Gasteiger partial charge in [0.2, 0.25) is 0 Å². The standard InChI is InChI=1S/C17H11N3O3S/c1-20-16(22)13(15(21)19-17(20)24)8-12-6-7-14(23-12)11-4-2-10(9-18)3-5-11/h2-8H,1H3,(H,19,21,24). The number of nitrogens with one attached hydrogen (secondary N) is 1. The molecule has 0 bridgehead atoms. The molecule has 0 unspecified atom stereocenters. The summed E-state index contributed by atoms with van der Waals surface area (Å²) in [6.07, 6.45) is 1.38. The topological polar surface area (TPSA) is 86.3 Å². The Balaban J connectivity index is 1.90. The smallest absolute Gasteiger partial charge is 0.265 e. The molecule has 2 amide bonds. The highest BCUT2D eigenvalue weighted by Gasteiger charge is 2.31. The minimum absolute atomic E-state index is 0.0492. The Kier molecular flexibility index (Phi) is 3.98. The molecule has 2 heterocycles. The second-order valence-corrected chi connectivity index (χ2v) is 5.46. The van der Waals surface area contributed by atoms with Gasteiger partial charge in [-0.2, -0.15) is 5.26 Å².